The van der Waals surface area contributed by atoms with Crippen molar-refractivity contribution >= 4 is 17.2 Å². The average Bonchev–Trinajstić information content (AvgIpc) is 2.81. The van der Waals surface area contributed by atoms with Crippen molar-refractivity contribution in [2.24, 2.45) is 0 Å². The Morgan fingerprint density at radius 1 is 1.11 bits per heavy atom. The number of pyridine rings is 1. The van der Waals surface area contributed by atoms with E-state index in [4.69, 9.17) is 11.6 Å². The Morgan fingerprint density at radius 3 is 2.58 bits per heavy atom. The summed E-state index contributed by atoms with van der Waals surface area (Å²) in [5.74, 6) is 0. The van der Waals surface area contributed by atoms with Gasteiger partial charge in [-0.05, 0) is 18.7 Å². The van der Waals surface area contributed by atoms with Crippen LogP contribution in [0.2, 0.25) is 5.02 Å². The molecule has 0 bridgehead atoms. The summed E-state index contributed by atoms with van der Waals surface area (Å²) in [5.41, 5.74) is 2.08. The van der Waals surface area contributed by atoms with Crippen molar-refractivity contribution in [3.8, 4) is 0 Å². The first-order chi connectivity index (χ1) is 9.24. The minimum atomic E-state index is 0.744. The van der Waals surface area contributed by atoms with Crippen LogP contribution in [0, 0.1) is 0 Å². The number of imidazole rings is 1. The summed E-state index contributed by atoms with van der Waals surface area (Å²) >= 11 is 5.99. The van der Waals surface area contributed by atoms with E-state index < -0.39 is 0 Å². The topological polar surface area (TPSA) is 23.8 Å². The molecule has 0 atom stereocenters. The first-order valence-electron chi connectivity index (χ1n) is 6.82. The Morgan fingerprint density at radius 2 is 1.84 bits per heavy atom. The fourth-order valence-electron chi connectivity index (χ4n) is 2.59. The number of fused-ring (bicyclic) bond motifs is 1. The molecule has 1 fully saturated rings. The van der Waals surface area contributed by atoms with Gasteiger partial charge in [0.25, 0.3) is 0 Å². The molecular weight excluding hydrogens is 260 g/mol. The highest BCUT2D eigenvalue weighted by Crippen LogP contribution is 2.13. The average molecular weight is 279 g/mol. The van der Waals surface area contributed by atoms with E-state index in [0.29, 0.717) is 0 Å². The molecule has 0 aliphatic carbocycles. The van der Waals surface area contributed by atoms with E-state index in [1.165, 1.54) is 0 Å². The Hall–Kier alpha value is -1.10. The summed E-state index contributed by atoms with van der Waals surface area (Å²) in [6.45, 7) is 8.88. The molecule has 1 saturated heterocycles. The second kappa shape index (κ2) is 5.49. The molecule has 3 rings (SSSR count). The van der Waals surface area contributed by atoms with Crippen LogP contribution in [0.3, 0.4) is 0 Å². The van der Waals surface area contributed by atoms with Gasteiger partial charge >= 0.3 is 0 Å². The molecule has 1 aliphatic heterocycles. The van der Waals surface area contributed by atoms with Crippen molar-refractivity contribution in [1.29, 1.82) is 0 Å². The van der Waals surface area contributed by atoms with Gasteiger partial charge in [-0.25, -0.2) is 4.98 Å². The third-order valence-corrected chi connectivity index (χ3v) is 3.99. The highest BCUT2D eigenvalue weighted by molar-refractivity contribution is 6.30. The van der Waals surface area contributed by atoms with Crippen molar-refractivity contribution in [3.63, 3.8) is 0 Å². The minimum absolute atomic E-state index is 0.744. The summed E-state index contributed by atoms with van der Waals surface area (Å²) in [5, 5.41) is 0.744. The van der Waals surface area contributed by atoms with Crippen molar-refractivity contribution in [2.75, 3.05) is 32.7 Å². The first kappa shape index (κ1) is 12.9. The molecule has 1 aliphatic rings. The third kappa shape index (κ3) is 2.91. The van der Waals surface area contributed by atoms with Crippen LogP contribution in [0.4, 0.5) is 0 Å². The summed E-state index contributed by atoms with van der Waals surface area (Å²) < 4.78 is 2.00. The standard InChI is InChI=1S/C14H19ClN4/c1-2-17-5-7-18(8-6-17)10-13-11-19-9-12(15)3-4-14(19)16-13/h3-4,9,11H,2,5-8,10H2,1H3. The molecule has 19 heavy (non-hydrogen) atoms. The summed E-state index contributed by atoms with van der Waals surface area (Å²) in [7, 11) is 0. The van der Waals surface area contributed by atoms with Gasteiger partial charge in [0.1, 0.15) is 5.65 Å². The number of halogens is 1. The van der Waals surface area contributed by atoms with E-state index in [1.807, 2.05) is 22.7 Å². The van der Waals surface area contributed by atoms with Crippen molar-refractivity contribution in [2.45, 2.75) is 13.5 Å². The molecule has 4 nitrogen and oxygen atoms in total. The molecule has 2 aromatic heterocycles. The van der Waals surface area contributed by atoms with Crippen LogP contribution in [-0.4, -0.2) is 51.9 Å². The zero-order valence-corrected chi connectivity index (χ0v) is 12.0. The smallest absolute Gasteiger partial charge is 0.137 e. The maximum Gasteiger partial charge on any atom is 0.137 e. The Labute approximate surface area is 118 Å². The molecule has 0 spiro atoms. The molecule has 0 aromatic carbocycles. The first-order valence-corrected chi connectivity index (χ1v) is 7.20. The fourth-order valence-corrected chi connectivity index (χ4v) is 2.75. The summed E-state index contributed by atoms with van der Waals surface area (Å²) in [4.78, 5) is 9.59. The van der Waals surface area contributed by atoms with Gasteiger partial charge in [0, 0.05) is 45.1 Å². The molecule has 102 valence electrons. The van der Waals surface area contributed by atoms with Crippen LogP contribution >= 0.6 is 11.6 Å². The van der Waals surface area contributed by atoms with Crippen LogP contribution in [0.15, 0.2) is 24.5 Å². The number of rotatable bonds is 3. The molecule has 3 heterocycles. The lowest BCUT2D eigenvalue weighted by Gasteiger charge is -2.33. The Balaban J connectivity index is 1.68. The SMILES string of the molecule is CCN1CCN(Cc2cn3cc(Cl)ccc3n2)CC1. The van der Waals surface area contributed by atoms with Gasteiger partial charge in [0.15, 0.2) is 0 Å². The number of piperazine rings is 1. The number of nitrogens with zero attached hydrogens (tertiary/aromatic N) is 4. The van der Waals surface area contributed by atoms with Gasteiger partial charge in [0.2, 0.25) is 0 Å². The monoisotopic (exact) mass is 278 g/mol. The van der Waals surface area contributed by atoms with Crippen LogP contribution in [0.25, 0.3) is 5.65 Å². The number of likely N-dealkylation sites (N-methyl/N-ethyl adjacent to an activating group) is 1. The van der Waals surface area contributed by atoms with Crippen molar-refractivity contribution in [1.82, 2.24) is 19.2 Å². The van der Waals surface area contributed by atoms with Crippen LogP contribution in [0.5, 0.6) is 0 Å². The minimum Gasteiger partial charge on any atom is -0.305 e. The number of hydrogen-bond acceptors (Lipinski definition) is 3. The maximum atomic E-state index is 5.99. The molecule has 0 unspecified atom stereocenters. The van der Waals surface area contributed by atoms with E-state index in [-0.39, 0.29) is 0 Å². The molecule has 0 saturated carbocycles. The highest BCUT2D eigenvalue weighted by atomic mass is 35.5. The lowest BCUT2D eigenvalue weighted by Crippen LogP contribution is -2.45. The predicted molar refractivity (Wildman–Crippen MR) is 77.6 cm³/mol. The molecule has 5 heteroatoms. The Kier molecular flexibility index (Phi) is 3.73. The van der Waals surface area contributed by atoms with E-state index in [1.54, 1.807) is 0 Å². The van der Waals surface area contributed by atoms with Gasteiger partial charge in [-0.2, -0.15) is 0 Å². The lowest BCUT2D eigenvalue weighted by atomic mass is 10.3. The highest BCUT2D eigenvalue weighted by Gasteiger charge is 2.16. The molecule has 0 N–H and O–H groups in total. The second-order valence-electron chi connectivity index (χ2n) is 5.06. The predicted octanol–water partition coefficient (Wildman–Crippen LogP) is 2.13. The zero-order chi connectivity index (χ0) is 13.2. The van der Waals surface area contributed by atoms with Crippen molar-refractivity contribution < 1.29 is 0 Å². The number of aromatic nitrogens is 2. The normalized spacial score (nSPS) is 18.2. The Bertz CT molecular complexity index is 558. The molecule has 0 radical (unpaired) electrons. The number of hydrogen-bond donors (Lipinski definition) is 0. The summed E-state index contributed by atoms with van der Waals surface area (Å²) in [6.07, 6.45) is 3.98. The lowest BCUT2D eigenvalue weighted by molar-refractivity contribution is 0.131. The molecule has 2 aromatic rings. The molecule has 0 amide bonds. The quantitative estimate of drug-likeness (QED) is 0.859. The van der Waals surface area contributed by atoms with E-state index in [0.717, 1.165) is 55.6 Å². The van der Waals surface area contributed by atoms with Crippen LogP contribution < -0.4 is 0 Å². The van der Waals surface area contributed by atoms with Crippen molar-refractivity contribution in [3.05, 3.63) is 35.2 Å². The van der Waals surface area contributed by atoms with Gasteiger partial charge in [0.05, 0.1) is 10.7 Å². The third-order valence-electron chi connectivity index (χ3n) is 3.76. The maximum absolute atomic E-state index is 5.99. The summed E-state index contributed by atoms with van der Waals surface area (Å²) in [6, 6.07) is 3.84. The van der Waals surface area contributed by atoms with Gasteiger partial charge < -0.3 is 9.30 Å². The van der Waals surface area contributed by atoms with Gasteiger partial charge in [-0.15, -0.1) is 0 Å². The van der Waals surface area contributed by atoms with E-state index in [9.17, 15) is 0 Å². The largest absolute Gasteiger partial charge is 0.305 e. The zero-order valence-electron chi connectivity index (χ0n) is 11.2. The van der Waals surface area contributed by atoms with E-state index >= 15 is 0 Å². The molecular formula is C14H19ClN4. The van der Waals surface area contributed by atoms with Crippen LogP contribution in [-0.2, 0) is 6.54 Å². The van der Waals surface area contributed by atoms with Gasteiger partial charge in [-0.3, -0.25) is 4.90 Å². The fraction of sp³-hybridized carbons (Fsp3) is 0.500. The van der Waals surface area contributed by atoms with E-state index in [2.05, 4.69) is 27.9 Å². The van der Waals surface area contributed by atoms with Gasteiger partial charge in [-0.1, -0.05) is 18.5 Å². The van der Waals surface area contributed by atoms with Crippen LogP contribution in [0.1, 0.15) is 12.6 Å². The second-order valence-corrected chi connectivity index (χ2v) is 5.49.